The van der Waals surface area contributed by atoms with Crippen LogP contribution in [0.15, 0.2) is 40.6 Å². The SMILES string of the molecule is C#CCCC1(CCNC(=O)[C@@H]2C[C@H](Cc3ccccc3)CN2)N=N1. The minimum atomic E-state index is -0.321. The van der Waals surface area contributed by atoms with Crippen LogP contribution in [0.1, 0.15) is 31.2 Å². The molecule has 2 N–H and O–H groups in total. The molecule has 0 unspecified atom stereocenters. The molecular formula is C19H24N4O. The minimum absolute atomic E-state index is 0.0818. The molecule has 0 saturated carbocycles. The Kier molecular flexibility index (Phi) is 5.27. The summed E-state index contributed by atoms with van der Waals surface area (Å²) in [6.45, 7) is 1.49. The van der Waals surface area contributed by atoms with Gasteiger partial charge in [0.25, 0.3) is 0 Å². The molecule has 5 nitrogen and oxygen atoms in total. The summed E-state index contributed by atoms with van der Waals surface area (Å²) in [6.07, 6.45) is 9.37. The standard InChI is InChI=1S/C19H24N4O/c1-2-3-9-19(22-23-19)10-11-20-18(24)17-13-16(14-21-17)12-15-7-5-4-6-8-15/h1,4-8,16-17,21H,3,9-14H2,(H,20,24)/t16-,17-/m0/s1. The maximum atomic E-state index is 12.3. The van der Waals surface area contributed by atoms with Gasteiger partial charge in [-0.2, -0.15) is 10.2 Å². The van der Waals surface area contributed by atoms with E-state index in [-0.39, 0.29) is 17.6 Å². The zero-order valence-corrected chi connectivity index (χ0v) is 13.9. The third-order valence-electron chi connectivity index (χ3n) is 4.78. The minimum Gasteiger partial charge on any atom is -0.355 e. The molecule has 1 aromatic rings. The molecule has 126 valence electrons. The number of benzene rings is 1. The van der Waals surface area contributed by atoms with Crippen molar-refractivity contribution in [3.05, 3.63) is 35.9 Å². The van der Waals surface area contributed by atoms with Gasteiger partial charge >= 0.3 is 0 Å². The Hall–Kier alpha value is -2.19. The van der Waals surface area contributed by atoms with E-state index >= 15 is 0 Å². The molecule has 1 amide bonds. The van der Waals surface area contributed by atoms with Crippen molar-refractivity contribution >= 4 is 5.91 Å². The van der Waals surface area contributed by atoms with Crippen molar-refractivity contribution in [1.82, 2.24) is 10.6 Å². The van der Waals surface area contributed by atoms with Crippen molar-refractivity contribution < 1.29 is 4.79 Å². The van der Waals surface area contributed by atoms with Crippen molar-refractivity contribution in [2.75, 3.05) is 13.1 Å². The van der Waals surface area contributed by atoms with Crippen LogP contribution in [-0.4, -0.2) is 30.7 Å². The third kappa shape index (κ3) is 4.42. The second-order valence-corrected chi connectivity index (χ2v) is 6.68. The van der Waals surface area contributed by atoms with Gasteiger partial charge in [0.05, 0.1) is 6.04 Å². The van der Waals surface area contributed by atoms with Gasteiger partial charge in [0.2, 0.25) is 5.91 Å². The topological polar surface area (TPSA) is 65.8 Å². The van der Waals surface area contributed by atoms with E-state index in [4.69, 9.17) is 6.42 Å². The van der Waals surface area contributed by atoms with Crippen LogP contribution >= 0.6 is 0 Å². The van der Waals surface area contributed by atoms with Crippen LogP contribution in [0, 0.1) is 18.3 Å². The van der Waals surface area contributed by atoms with Crippen molar-refractivity contribution in [1.29, 1.82) is 0 Å². The summed E-state index contributed by atoms with van der Waals surface area (Å²) in [6, 6.07) is 10.4. The maximum absolute atomic E-state index is 12.3. The first kappa shape index (κ1) is 16.7. The van der Waals surface area contributed by atoms with E-state index in [1.54, 1.807) is 0 Å². The summed E-state index contributed by atoms with van der Waals surface area (Å²) < 4.78 is 0. The Bertz CT molecular complexity index is 629. The highest BCUT2D eigenvalue weighted by molar-refractivity contribution is 5.82. The van der Waals surface area contributed by atoms with Gasteiger partial charge < -0.3 is 10.6 Å². The van der Waals surface area contributed by atoms with Gasteiger partial charge in [-0.05, 0) is 30.9 Å². The molecular weight excluding hydrogens is 300 g/mol. The van der Waals surface area contributed by atoms with Gasteiger partial charge in [-0.1, -0.05) is 30.3 Å². The summed E-state index contributed by atoms with van der Waals surface area (Å²) in [5.74, 6) is 3.21. The average Bonchev–Trinajstić information content (AvgIpc) is 3.21. The Morgan fingerprint density at radius 1 is 1.33 bits per heavy atom. The number of nitrogens with zero attached hydrogens (tertiary/aromatic N) is 2. The van der Waals surface area contributed by atoms with E-state index in [1.165, 1.54) is 5.56 Å². The number of hydrogen-bond donors (Lipinski definition) is 2. The van der Waals surface area contributed by atoms with Crippen LogP contribution in [-0.2, 0) is 11.2 Å². The molecule has 1 saturated heterocycles. The maximum Gasteiger partial charge on any atom is 0.237 e. The molecule has 0 spiro atoms. The summed E-state index contributed by atoms with van der Waals surface area (Å²) in [5, 5.41) is 14.5. The van der Waals surface area contributed by atoms with Crippen molar-refractivity contribution in [2.24, 2.45) is 16.1 Å². The van der Waals surface area contributed by atoms with Gasteiger partial charge in [-0.25, -0.2) is 0 Å². The van der Waals surface area contributed by atoms with E-state index in [1.807, 2.05) is 6.07 Å². The molecule has 0 aromatic heterocycles. The number of carbonyl (C=O) groups is 1. The van der Waals surface area contributed by atoms with E-state index in [9.17, 15) is 4.79 Å². The molecule has 3 rings (SSSR count). The third-order valence-corrected chi connectivity index (χ3v) is 4.78. The van der Waals surface area contributed by atoms with Crippen molar-refractivity contribution in [3.63, 3.8) is 0 Å². The number of rotatable bonds is 8. The van der Waals surface area contributed by atoms with Crippen LogP contribution in [0.25, 0.3) is 0 Å². The zero-order valence-electron chi connectivity index (χ0n) is 13.9. The van der Waals surface area contributed by atoms with E-state index in [2.05, 4.69) is 51.0 Å². The second-order valence-electron chi connectivity index (χ2n) is 6.68. The smallest absolute Gasteiger partial charge is 0.237 e. The Morgan fingerprint density at radius 2 is 2.12 bits per heavy atom. The lowest BCUT2D eigenvalue weighted by molar-refractivity contribution is -0.122. The zero-order chi connectivity index (χ0) is 16.8. The van der Waals surface area contributed by atoms with Crippen LogP contribution in [0.2, 0.25) is 0 Å². The van der Waals surface area contributed by atoms with Crippen LogP contribution in [0.3, 0.4) is 0 Å². The molecule has 2 heterocycles. The van der Waals surface area contributed by atoms with Gasteiger partial charge in [-0.15, -0.1) is 12.3 Å². The summed E-state index contributed by atoms with van der Waals surface area (Å²) >= 11 is 0. The average molecular weight is 324 g/mol. The Labute approximate surface area is 143 Å². The lowest BCUT2D eigenvalue weighted by atomic mass is 9.96. The highest BCUT2D eigenvalue weighted by Crippen LogP contribution is 2.36. The van der Waals surface area contributed by atoms with E-state index < -0.39 is 0 Å². The molecule has 0 aliphatic carbocycles. The Balaban J connectivity index is 1.37. The summed E-state index contributed by atoms with van der Waals surface area (Å²) in [4.78, 5) is 12.3. The van der Waals surface area contributed by atoms with Gasteiger partial charge in [0, 0.05) is 25.8 Å². The van der Waals surface area contributed by atoms with Gasteiger partial charge in [0.1, 0.15) is 0 Å². The lowest BCUT2D eigenvalue weighted by Gasteiger charge is -2.13. The van der Waals surface area contributed by atoms with Crippen LogP contribution in [0.5, 0.6) is 0 Å². The molecule has 2 aliphatic rings. The monoisotopic (exact) mass is 324 g/mol. The lowest BCUT2D eigenvalue weighted by Crippen LogP contribution is -2.41. The predicted molar refractivity (Wildman–Crippen MR) is 93.3 cm³/mol. The molecule has 2 aliphatic heterocycles. The first-order chi connectivity index (χ1) is 11.7. The fourth-order valence-electron chi connectivity index (χ4n) is 3.29. The summed E-state index contributed by atoms with van der Waals surface area (Å²) in [5.41, 5.74) is 1.01. The fourth-order valence-corrected chi connectivity index (χ4v) is 3.29. The number of hydrogen-bond acceptors (Lipinski definition) is 4. The van der Waals surface area contributed by atoms with Gasteiger partial charge in [0.15, 0.2) is 5.66 Å². The molecule has 1 aromatic carbocycles. The summed E-state index contributed by atoms with van der Waals surface area (Å²) in [7, 11) is 0. The highest BCUT2D eigenvalue weighted by atomic mass is 16.2. The number of carbonyl (C=O) groups excluding carboxylic acids is 1. The number of nitrogens with one attached hydrogen (secondary N) is 2. The number of terminal acetylenes is 1. The van der Waals surface area contributed by atoms with Crippen molar-refractivity contribution in [2.45, 2.75) is 43.8 Å². The van der Waals surface area contributed by atoms with E-state index in [0.29, 0.717) is 18.9 Å². The van der Waals surface area contributed by atoms with Gasteiger partial charge in [-0.3, -0.25) is 4.79 Å². The molecule has 24 heavy (non-hydrogen) atoms. The molecule has 1 fully saturated rings. The number of amides is 1. The molecule has 0 bridgehead atoms. The predicted octanol–water partition coefficient (Wildman–Crippen LogP) is 2.29. The first-order valence-electron chi connectivity index (χ1n) is 8.63. The molecule has 0 radical (unpaired) electrons. The van der Waals surface area contributed by atoms with Crippen molar-refractivity contribution in [3.8, 4) is 12.3 Å². The Morgan fingerprint density at radius 3 is 2.83 bits per heavy atom. The molecule has 2 atom stereocenters. The largest absolute Gasteiger partial charge is 0.355 e. The van der Waals surface area contributed by atoms with Crippen LogP contribution in [0.4, 0.5) is 0 Å². The fraction of sp³-hybridized carbons (Fsp3) is 0.526. The highest BCUT2D eigenvalue weighted by Gasteiger charge is 2.39. The first-order valence-corrected chi connectivity index (χ1v) is 8.63. The second kappa shape index (κ2) is 7.59. The van der Waals surface area contributed by atoms with Crippen LogP contribution < -0.4 is 10.6 Å². The normalized spacial score (nSPS) is 23.6. The van der Waals surface area contributed by atoms with E-state index in [0.717, 1.165) is 32.2 Å². The quantitative estimate of drug-likeness (QED) is 0.721. The molecule has 5 heteroatoms.